The Labute approximate surface area is 136 Å². The van der Waals surface area contributed by atoms with Crippen molar-refractivity contribution >= 4 is 17.6 Å². The van der Waals surface area contributed by atoms with Crippen molar-refractivity contribution in [1.82, 2.24) is 0 Å². The van der Waals surface area contributed by atoms with Crippen LogP contribution in [0.15, 0.2) is 42.5 Å². The third kappa shape index (κ3) is 4.42. The van der Waals surface area contributed by atoms with Crippen LogP contribution in [0.2, 0.25) is 0 Å². The van der Waals surface area contributed by atoms with Gasteiger partial charge < -0.3 is 10.1 Å². The van der Waals surface area contributed by atoms with Crippen LogP contribution in [0.4, 0.5) is 5.69 Å². The molecule has 0 aliphatic carbocycles. The van der Waals surface area contributed by atoms with Crippen molar-refractivity contribution in [3.8, 4) is 0 Å². The highest BCUT2D eigenvalue weighted by molar-refractivity contribution is 6.05. The summed E-state index contributed by atoms with van der Waals surface area (Å²) in [6, 6.07) is 12.4. The highest BCUT2D eigenvalue weighted by atomic mass is 16.5. The molecule has 2 aromatic rings. The van der Waals surface area contributed by atoms with E-state index < -0.39 is 5.97 Å². The second-order valence-corrected chi connectivity index (χ2v) is 5.81. The zero-order valence-electron chi connectivity index (χ0n) is 13.8. The second kappa shape index (κ2) is 7.09. The van der Waals surface area contributed by atoms with Crippen LogP contribution in [-0.2, 0) is 4.74 Å². The van der Waals surface area contributed by atoms with Crippen LogP contribution >= 0.6 is 0 Å². The molecular weight excluding hydrogens is 290 g/mol. The average molecular weight is 311 g/mol. The van der Waals surface area contributed by atoms with E-state index in [-0.39, 0.29) is 12.0 Å². The minimum absolute atomic E-state index is 0.184. The molecule has 0 radical (unpaired) electrons. The van der Waals surface area contributed by atoms with Crippen molar-refractivity contribution in [1.29, 1.82) is 0 Å². The molecule has 1 amide bonds. The Morgan fingerprint density at radius 1 is 1.04 bits per heavy atom. The minimum atomic E-state index is -0.400. The van der Waals surface area contributed by atoms with Gasteiger partial charge in [-0.1, -0.05) is 23.8 Å². The largest absolute Gasteiger partial charge is 0.459 e. The number of ether oxygens (including phenoxy) is 1. The molecule has 2 aromatic carbocycles. The molecule has 0 bridgehead atoms. The predicted octanol–water partition coefficient (Wildman–Crippen LogP) is 4.12. The first-order chi connectivity index (χ1) is 10.9. The van der Waals surface area contributed by atoms with Crippen molar-refractivity contribution in [2.24, 2.45) is 0 Å². The quantitative estimate of drug-likeness (QED) is 0.864. The van der Waals surface area contributed by atoms with Gasteiger partial charge >= 0.3 is 5.97 Å². The highest BCUT2D eigenvalue weighted by Gasteiger charge is 2.12. The maximum atomic E-state index is 12.4. The average Bonchev–Trinajstić information content (AvgIpc) is 2.46. The summed E-state index contributed by atoms with van der Waals surface area (Å²) >= 11 is 0. The molecule has 0 heterocycles. The molecule has 0 saturated heterocycles. The Balaban J connectivity index is 2.17. The number of benzene rings is 2. The van der Waals surface area contributed by atoms with Gasteiger partial charge in [0.1, 0.15) is 0 Å². The fourth-order valence-electron chi connectivity index (χ4n) is 2.27. The smallest absolute Gasteiger partial charge is 0.338 e. The molecule has 0 atom stereocenters. The van der Waals surface area contributed by atoms with E-state index in [4.69, 9.17) is 4.74 Å². The van der Waals surface area contributed by atoms with Gasteiger partial charge in [-0.3, -0.25) is 4.79 Å². The molecule has 0 saturated carbocycles. The van der Waals surface area contributed by atoms with E-state index >= 15 is 0 Å². The lowest BCUT2D eigenvalue weighted by atomic mass is 10.1. The van der Waals surface area contributed by atoms with Crippen LogP contribution in [0, 0.1) is 13.8 Å². The number of anilines is 1. The molecule has 120 valence electrons. The zero-order chi connectivity index (χ0) is 17.0. The van der Waals surface area contributed by atoms with Gasteiger partial charge in [-0.25, -0.2) is 4.79 Å². The summed E-state index contributed by atoms with van der Waals surface area (Å²) in [5, 5.41) is 2.82. The van der Waals surface area contributed by atoms with E-state index in [1.165, 1.54) is 0 Å². The van der Waals surface area contributed by atoms with E-state index in [0.29, 0.717) is 16.8 Å². The van der Waals surface area contributed by atoms with E-state index in [1.807, 2.05) is 26.0 Å². The number of hydrogen-bond donors (Lipinski definition) is 1. The first-order valence-electron chi connectivity index (χ1n) is 7.56. The third-order valence-electron chi connectivity index (χ3n) is 3.33. The summed E-state index contributed by atoms with van der Waals surface area (Å²) in [7, 11) is 0. The number of carbonyl (C=O) groups excluding carboxylic acids is 2. The molecule has 0 aliphatic rings. The van der Waals surface area contributed by atoms with Crippen LogP contribution in [0.1, 0.15) is 45.7 Å². The summed E-state index contributed by atoms with van der Waals surface area (Å²) in [6.07, 6.45) is -0.184. The van der Waals surface area contributed by atoms with Crippen molar-refractivity contribution in [3.05, 3.63) is 64.7 Å². The SMILES string of the molecule is Cc1ccc(C(=O)Nc2cccc(C(=O)OC(C)C)c2)c(C)c1. The topological polar surface area (TPSA) is 55.4 Å². The van der Waals surface area contributed by atoms with Crippen LogP contribution < -0.4 is 5.32 Å². The Morgan fingerprint density at radius 3 is 2.43 bits per heavy atom. The number of rotatable bonds is 4. The number of carbonyl (C=O) groups is 2. The first kappa shape index (κ1) is 16.7. The van der Waals surface area contributed by atoms with Gasteiger partial charge in [0.2, 0.25) is 0 Å². The van der Waals surface area contributed by atoms with E-state index in [1.54, 1.807) is 44.2 Å². The third-order valence-corrected chi connectivity index (χ3v) is 3.33. The van der Waals surface area contributed by atoms with Gasteiger partial charge in [0.05, 0.1) is 11.7 Å². The number of hydrogen-bond acceptors (Lipinski definition) is 3. The summed E-state index contributed by atoms with van der Waals surface area (Å²) in [4.78, 5) is 24.3. The Kier molecular flexibility index (Phi) is 5.16. The molecule has 23 heavy (non-hydrogen) atoms. The van der Waals surface area contributed by atoms with Crippen molar-refractivity contribution in [2.45, 2.75) is 33.8 Å². The Morgan fingerprint density at radius 2 is 1.78 bits per heavy atom. The fraction of sp³-hybridized carbons (Fsp3) is 0.263. The molecular formula is C19H21NO3. The summed E-state index contributed by atoms with van der Waals surface area (Å²) in [5.41, 5.74) is 3.62. The molecule has 0 aliphatic heterocycles. The van der Waals surface area contributed by atoms with Gasteiger partial charge in [-0.15, -0.1) is 0 Å². The molecule has 0 unspecified atom stereocenters. The van der Waals surface area contributed by atoms with Crippen molar-refractivity contribution in [2.75, 3.05) is 5.32 Å². The maximum absolute atomic E-state index is 12.4. The molecule has 0 spiro atoms. The van der Waals surface area contributed by atoms with Crippen molar-refractivity contribution in [3.63, 3.8) is 0 Å². The van der Waals surface area contributed by atoms with Gasteiger partial charge in [-0.05, 0) is 57.5 Å². The zero-order valence-corrected chi connectivity index (χ0v) is 13.8. The monoisotopic (exact) mass is 311 g/mol. The molecule has 4 nitrogen and oxygen atoms in total. The van der Waals surface area contributed by atoms with Crippen LogP contribution in [0.3, 0.4) is 0 Å². The molecule has 0 aromatic heterocycles. The second-order valence-electron chi connectivity index (χ2n) is 5.81. The number of aryl methyl sites for hydroxylation is 2. The summed E-state index contributed by atoms with van der Waals surface area (Å²) in [5.74, 6) is -0.598. The minimum Gasteiger partial charge on any atom is -0.459 e. The van der Waals surface area contributed by atoms with Gasteiger partial charge in [0.15, 0.2) is 0 Å². The predicted molar refractivity (Wildman–Crippen MR) is 90.9 cm³/mol. The van der Waals surface area contributed by atoms with Crippen LogP contribution in [-0.4, -0.2) is 18.0 Å². The molecule has 2 rings (SSSR count). The van der Waals surface area contributed by atoms with Gasteiger partial charge in [-0.2, -0.15) is 0 Å². The van der Waals surface area contributed by atoms with Crippen LogP contribution in [0.25, 0.3) is 0 Å². The number of esters is 1. The van der Waals surface area contributed by atoms with E-state index in [0.717, 1.165) is 11.1 Å². The lowest BCUT2D eigenvalue weighted by Crippen LogP contribution is -2.15. The Bertz CT molecular complexity index is 735. The lowest BCUT2D eigenvalue weighted by Gasteiger charge is -2.11. The van der Waals surface area contributed by atoms with E-state index in [9.17, 15) is 9.59 Å². The molecule has 0 fully saturated rings. The number of nitrogens with one attached hydrogen (secondary N) is 1. The highest BCUT2D eigenvalue weighted by Crippen LogP contribution is 2.16. The maximum Gasteiger partial charge on any atom is 0.338 e. The summed E-state index contributed by atoms with van der Waals surface area (Å²) in [6.45, 7) is 7.48. The first-order valence-corrected chi connectivity index (χ1v) is 7.56. The van der Waals surface area contributed by atoms with Crippen LogP contribution in [0.5, 0.6) is 0 Å². The van der Waals surface area contributed by atoms with Gasteiger partial charge in [0, 0.05) is 11.3 Å². The van der Waals surface area contributed by atoms with Gasteiger partial charge in [0.25, 0.3) is 5.91 Å². The fourth-order valence-corrected chi connectivity index (χ4v) is 2.27. The van der Waals surface area contributed by atoms with Crippen molar-refractivity contribution < 1.29 is 14.3 Å². The summed E-state index contributed by atoms with van der Waals surface area (Å²) < 4.78 is 5.16. The normalized spacial score (nSPS) is 10.5. The number of amides is 1. The van der Waals surface area contributed by atoms with E-state index in [2.05, 4.69) is 5.32 Å². The lowest BCUT2D eigenvalue weighted by molar-refractivity contribution is 0.0378. The Hall–Kier alpha value is -2.62. The molecule has 4 heteroatoms. The standard InChI is InChI=1S/C19H21NO3/c1-12(2)23-19(22)15-6-5-7-16(11-15)20-18(21)17-9-8-13(3)10-14(17)4/h5-12H,1-4H3,(H,20,21). The molecule has 1 N–H and O–H groups in total.